The van der Waals surface area contributed by atoms with Crippen LogP contribution in [0, 0.1) is 5.92 Å². The molecule has 9 nitrogen and oxygen atoms in total. The molecule has 1 atom stereocenters. The summed E-state index contributed by atoms with van der Waals surface area (Å²) in [6.45, 7) is 6.15. The van der Waals surface area contributed by atoms with Gasteiger partial charge in [0.1, 0.15) is 6.04 Å². The fourth-order valence-electron chi connectivity index (χ4n) is 2.97. The summed E-state index contributed by atoms with van der Waals surface area (Å²) in [5.74, 6) is -0.704. The highest BCUT2D eigenvalue weighted by atomic mass is 32.2. The third-order valence-electron chi connectivity index (χ3n) is 4.49. The number of nitrogens with zero attached hydrogens (tertiary/aromatic N) is 1. The molecule has 1 aromatic rings. The van der Waals surface area contributed by atoms with E-state index in [4.69, 9.17) is 0 Å². The van der Waals surface area contributed by atoms with Gasteiger partial charge in [-0.15, -0.1) is 0 Å². The Balaban J connectivity index is 2.16. The van der Waals surface area contributed by atoms with E-state index in [0.29, 0.717) is 18.2 Å². The van der Waals surface area contributed by atoms with Crippen LogP contribution in [0.25, 0.3) is 0 Å². The molecule has 1 aliphatic rings. The van der Waals surface area contributed by atoms with Gasteiger partial charge in [0.05, 0.1) is 11.3 Å². The van der Waals surface area contributed by atoms with Crippen LogP contribution in [0.5, 0.6) is 0 Å². The van der Waals surface area contributed by atoms with Gasteiger partial charge in [-0.25, -0.2) is 8.42 Å². The molecule has 0 spiro atoms. The second-order valence-corrected chi connectivity index (χ2v) is 9.26. The molecule has 160 valence electrons. The summed E-state index contributed by atoms with van der Waals surface area (Å²) in [7, 11) is -3.99. The molecule has 0 bridgehead atoms. The third kappa shape index (κ3) is 6.26. The monoisotopic (exact) mass is 424 g/mol. The third-order valence-corrected chi connectivity index (χ3v) is 6.41. The molecule has 1 fully saturated rings. The van der Waals surface area contributed by atoms with E-state index >= 15 is 0 Å². The van der Waals surface area contributed by atoms with Gasteiger partial charge in [-0.1, -0.05) is 13.8 Å². The van der Waals surface area contributed by atoms with Crippen molar-refractivity contribution in [3.8, 4) is 0 Å². The van der Waals surface area contributed by atoms with Crippen LogP contribution in [0.2, 0.25) is 0 Å². The van der Waals surface area contributed by atoms with Crippen molar-refractivity contribution in [2.75, 3.05) is 25.0 Å². The average Bonchev–Trinajstić information content (AvgIpc) is 2.63. The molecule has 1 aromatic carbocycles. The summed E-state index contributed by atoms with van der Waals surface area (Å²) in [5.41, 5.74) is 0.467. The number of piperazine rings is 1. The number of rotatable bonds is 8. The Morgan fingerprint density at radius 2 is 1.90 bits per heavy atom. The van der Waals surface area contributed by atoms with Crippen molar-refractivity contribution in [2.24, 2.45) is 5.92 Å². The minimum atomic E-state index is -3.99. The van der Waals surface area contributed by atoms with E-state index < -0.39 is 22.0 Å². The van der Waals surface area contributed by atoms with Crippen molar-refractivity contribution in [2.45, 2.75) is 44.6 Å². The Kier molecular flexibility index (Phi) is 7.74. The van der Waals surface area contributed by atoms with Gasteiger partial charge >= 0.3 is 0 Å². The van der Waals surface area contributed by atoms with Crippen LogP contribution in [0.1, 0.15) is 33.6 Å². The van der Waals surface area contributed by atoms with Crippen LogP contribution in [-0.4, -0.2) is 56.1 Å². The fraction of sp³-hybridized carbons (Fsp3) is 0.526. The molecular formula is C19H28N4O5S. The van der Waals surface area contributed by atoms with Gasteiger partial charge in [0.2, 0.25) is 27.7 Å². The summed E-state index contributed by atoms with van der Waals surface area (Å²) in [5, 5.41) is 7.93. The number of sulfonamides is 1. The van der Waals surface area contributed by atoms with Gasteiger partial charge in [0, 0.05) is 32.2 Å². The largest absolute Gasteiger partial charge is 0.356 e. The highest BCUT2D eigenvalue weighted by Gasteiger charge is 2.39. The quantitative estimate of drug-likeness (QED) is 0.566. The number of anilines is 1. The van der Waals surface area contributed by atoms with Gasteiger partial charge in [-0.2, -0.15) is 4.31 Å². The normalized spacial score (nSPS) is 17.7. The number of hydrogen-bond acceptors (Lipinski definition) is 5. The maximum absolute atomic E-state index is 13.1. The van der Waals surface area contributed by atoms with Crippen molar-refractivity contribution in [3.63, 3.8) is 0 Å². The Bertz CT molecular complexity index is 852. The Labute approximate surface area is 171 Å². The van der Waals surface area contributed by atoms with Crippen LogP contribution in [0.3, 0.4) is 0 Å². The molecule has 1 aliphatic heterocycles. The van der Waals surface area contributed by atoms with E-state index in [-0.39, 0.29) is 36.2 Å². The lowest BCUT2D eigenvalue weighted by Crippen LogP contribution is -2.58. The molecule has 0 aromatic heterocycles. The lowest BCUT2D eigenvalue weighted by atomic mass is 10.1. The summed E-state index contributed by atoms with van der Waals surface area (Å²) in [6.07, 6.45) is 0.554. The Morgan fingerprint density at radius 1 is 1.24 bits per heavy atom. The van der Waals surface area contributed by atoms with Crippen molar-refractivity contribution >= 4 is 33.4 Å². The molecular weight excluding hydrogens is 396 g/mol. The van der Waals surface area contributed by atoms with Gasteiger partial charge in [0.15, 0.2) is 0 Å². The second kappa shape index (κ2) is 9.84. The number of carbonyl (C=O) groups excluding carboxylic acids is 3. The van der Waals surface area contributed by atoms with Crippen LogP contribution < -0.4 is 16.0 Å². The first-order valence-corrected chi connectivity index (χ1v) is 11.0. The highest BCUT2D eigenvalue weighted by Crippen LogP contribution is 2.23. The number of nitrogens with one attached hydrogen (secondary N) is 3. The summed E-state index contributed by atoms with van der Waals surface area (Å²) in [4.78, 5) is 35.7. The van der Waals surface area contributed by atoms with Crippen molar-refractivity contribution < 1.29 is 22.8 Å². The van der Waals surface area contributed by atoms with Crippen LogP contribution in [0.4, 0.5) is 5.69 Å². The lowest BCUT2D eigenvalue weighted by molar-refractivity contribution is -0.131. The molecule has 10 heteroatoms. The van der Waals surface area contributed by atoms with E-state index in [1.165, 1.54) is 31.2 Å². The van der Waals surface area contributed by atoms with Gasteiger partial charge in [0.25, 0.3) is 0 Å². The van der Waals surface area contributed by atoms with Crippen LogP contribution in [0.15, 0.2) is 29.2 Å². The van der Waals surface area contributed by atoms with E-state index in [9.17, 15) is 22.8 Å². The maximum atomic E-state index is 13.1. The Hall–Kier alpha value is -2.46. The predicted octanol–water partition coefficient (Wildman–Crippen LogP) is 0.687. The van der Waals surface area contributed by atoms with Crippen molar-refractivity contribution in [1.29, 1.82) is 0 Å². The van der Waals surface area contributed by atoms with Crippen LogP contribution in [-0.2, 0) is 24.4 Å². The van der Waals surface area contributed by atoms with Gasteiger partial charge in [-0.3, -0.25) is 14.4 Å². The smallest absolute Gasteiger partial charge is 0.243 e. The van der Waals surface area contributed by atoms with E-state index in [1.54, 1.807) is 0 Å². The summed E-state index contributed by atoms with van der Waals surface area (Å²) in [6, 6.07) is 4.58. The van der Waals surface area contributed by atoms with E-state index in [1.807, 2.05) is 13.8 Å². The number of carbonyl (C=O) groups is 3. The SMILES string of the molecule is CC(=O)Nc1ccc(S(=O)(=O)N2CCNC(=O)[C@@H]2CC(=O)NCCC(C)C)cc1. The molecule has 0 radical (unpaired) electrons. The van der Waals surface area contributed by atoms with E-state index in [0.717, 1.165) is 10.7 Å². The molecule has 0 saturated carbocycles. The average molecular weight is 425 g/mol. The zero-order valence-electron chi connectivity index (χ0n) is 16.9. The molecule has 3 N–H and O–H groups in total. The molecule has 0 unspecified atom stereocenters. The topological polar surface area (TPSA) is 125 Å². The van der Waals surface area contributed by atoms with Crippen LogP contribution >= 0.6 is 0 Å². The maximum Gasteiger partial charge on any atom is 0.243 e. The first-order chi connectivity index (χ1) is 13.6. The summed E-state index contributed by atoms with van der Waals surface area (Å²) < 4.78 is 27.2. The van der Waals surface area contributed by atoms with Crippen molar-refractivity contribution in [1.82, 2.24) is 14.9 Å². The molecule has 1 saturated heterocycles. The van der Waals surface area contributed by atoms with E-state index in [2.05, 4.69) is 16.0 Å². The minimum absolute atomic E-state index is 0.00785. The Morgan fingerprint density at radius 3 is 2.48 bits per heavy atom. The second-order valence-electron chi connectivity index (χ2n) is 7.36. The zero-order chi connectivity index (χ0) is 21.6. The number of amides is 3. The predicted molar refractivity (Wildman–Crippen MR) is 109 cm³/mol. The highest BCUT2D eigenvalue weighted by molar-refractivity contribution is 7.89. The number of hydrogen-bond donors (Lipinski definition) is 3. The summed E-state index contributed by atoms with van der Waals surface area (Å²) >= 11 is 0. The molecule has 0 aliphatic carbocycles. The lowest BCUT2D eigenvalue weighted by Gasteiger charge is -2.33. The first-order valence-electron chi connectivity index (χ1n) is 9.55. The molecule has 1 heterocycles. The zero-order valence-corrected chi connectivity index (χ0v) is 17.7. The van der Waals surface area contributed by atoms with Gasteiger partial charge in [-0.05, 0) is 36.6 Å². The van der Waals surface area contributed by atoms with Crippen molar-refractivity contribution in [3.05, 3.63) is 24.3 Å². The minimum Gasteiger partial charge on any atom is -0.356 e. The van der Waals surface area contributed by atoms with Gasteiger partial charge < -0.3 is 16.0 Å². The number of benzene rings is 1. The molecule has 2 rings (SSSR count). The molecule has 3 amide bonds. The fourth-order valence-corrected chi connectivity index (χ4v) is 4.56. The first kappa shape index (κ1) is 22.8. The molecule has 29 heavy (non-hydrogen) atoms. The standard InChI is InChI=1S/C19H28N4O5S/c1-13(2)8-9-20-18(25)12-17-19(26)21-10-11-23(17)29(27,28)16-6-4-15(5-7-16)22-14(3)24/h4-7,13,17H,8-12H2,1-3H3,(H,20,25)(H,21,26)(H,22,24)/t17-/m0/s1.